The molecule has 0 saturated carbocycles. The van der Waals surface area contributed by atoms with E-state index in [1.54, 1.807) is 16.4 Å². The van der Waals surface area contributed by atoms with Crippen LogP contribution in [0.15, 0.2) is 17.1 Å². The quantitative estimate of drug-likeness (QED) is 0.467. The van der Waals surface area contributed by atoms with Gasteiger partial charge in [-0.2, -0.15) is 0 Å². The van der Waals surface area contributed by atoms with E-state index >= 15 is 0 Å². The minimum absolute atomic E-state index is 0.131. The Balaban J connectivity index is 1.29. The molecule has 0 spiro atoms. The number of Topliss-reactive ketones (excluding diaryl/α,β-unsaturated/α-hetero) is 1. The molecule has 5 rings (SSSR count). The molecular weight excluding hydrogens is 432 g/mol. The molecule has 10 heteroatoms. The molecule has 2 aliphatic heterocycles. The van der Waals surface area contributed by atoms with Gasteiger partial charge in [0.2, 0.25) is 5.78 Å². The third kappa shape index (κ3) is 3.44. The predicted octanol–water partition coefficient (Wildman–Crippen LogP) is 2.32. The Morgan fingerprint density at radius 3 is 2.75 bits per heavy atom. The summed E-state index contributed by atoms with van der Waals surface area (Å²) in [6, 6.07) is 1.49. The molecule has 3 aromatic heterocycles. The van der Waals surface area contributed by atoms with Gasteiger partial charge in [-0.1, -0.05) is 0 Å². The molecule has 9 nitrogen and oxygen atoms in total. The van der Waals surface area contributed by atoms with Crippen molar-refractivity contribution in [2.45, 2.75) is 39.2 Å². The van der Waals surface area contributed by atoms with Crippen LogP contribution in [0.3, 0.4) is 0 Å². The van der Waals surface area contributed by atoms with E-state index in [-0.39, 0.29) is 21.9 Å². The van der Waals surface area contributed by atoms with E-state index in [9.17, 15) is 19.2 Å². The number of H-pyrrole nitrogens is 1. The summed E-state index contributed by atoms with van der Waals surface area (Å²) in [5.74, 6) is -0.464. The predicted molar refractivity (Wildman–Crippen MR) is 117 cm³/mol. The number of thiophene rings is 1. The summed E-state index contributed by atoms with van der Waals surface area (Å²) in [5, 5.41) is 0.439. The molecule has 3 aromatic rings. The van der Waals surface area contributed by atoms with Crippen LogP contribution in [0.1, 0.15) is 61.2 Å². The number of ketones is 1. The number of carbonyl (C=O) groups is 3. The molecule has 0 aliphatic carbocycles. The Morgan fingerprint density at radius 1 is 1.19 bits per heavy atom. The summed E-state index contributed by atoms with van der Waals surface area (Å²) in [7, 11) is 0. The largest absolute Gasteiger partial charge is 0.453 e. The van der Waals surface area contributed by atoms with Crippen LogP contribution >= 0.6 is 11.3 Å². The number of aromatic nitrogens is 3. The number of aryl methyl sites for hydroxylation is 2. The van der Waals surface area contributed by atoms with Crippen LogP contribution in [0.5, 0.6) is 0 Å². The highest BCUT2D eigenvalue weighted by molar-refractivity contribution is 7.20. The first-order chi connectivity index (χ1) is 15.4. The molecule has 166 valence electrons. The number of rotatable bonds is 5. The van der Waals surface area contributed by atoms with Crippen molar-refractivity contribution in [2.75, 3.05) is 19.7 Å². The van der Waals surface area contributed by atoms with E-state index in [4.69, 9.17) is 4.74 Å². The highest BCUT2D eigenvalue weighted by Crippen LogP contribution is 2.29. The summed E-state index contributed by atoms with van der Waals surface area (Å²) in [5.41, 5.74) is 1.03. The number of nitrogens with zero attached hydrogens (tertiary/aromatic N) is 3. The Kier molecular flexibility index (Phi) is 5.16. The normalized spacial score (nSPS) is 15.3. The third-order valence-electron chi connectivity index (χ3n) is 6.06. The lowest BCUT2D eigenvalue weighted by Crippen LogP contribution is -2.27. The first-order valence-corrected chi connectivity index (χ1v) is 11.5. The number of nitrogens with one attached hydrogen (secondary N) is 1. The Hall–Kier alpha value is -3.27. The fourth-order valence-electron chi connectivity index (χ4n) is 4.32. The highest BCUT2D eigenvalue weighted by Gasteiger charge is 2.25. The second-order valence-corrected chi connectivity index (χ2v) is 9.12. The molecule has 0 aromatic carbocycles. The molecule has 0 atom stereocenters. The van der Waals surface area contributed by atoms with E-state index in [2.05, 4.69) is 9.97 Å². The van der Waals surface area contributed by atoms with Crippen molar-refractivity contribution >= 4 is 39.2 Å². The molecule has 1 amide bonds. The number of hydrogen-bond donors (Lipinski definition) is 1. The number of likely N-dealkylation sites (tertiary alicyclic amines) is 1. The van der Waals surface area contributed by atoms with Crippen LogP contribution in [0, 0.1) is 6.92 Å². The van der Waals surface area contributed by atoms with Crippen molar-refractivity contribution in [1.82, 2.24) is 19.4 Å². The van der Waals surface area contributed by atoms with Gasteiger partial charge in [-0.3, -0.25) is 19.0 Å². The fraction of sp³-hybridized carbons (Fsp3) is 0.409. The number of hydrogen-bond acceptors (Lipinski definition) is 7. The van der Waals surface area contributed by atoms with Gasteiger partial charge in [-0.15, -0.1) is 11.3 Å². The third-order valence-corrected chi connectivity index (χ3v) is 7.23. The second-order valence-electron chi connectivity index (χ2n) is 8.13. The molecular formula is C22H22N4O5S. The molecule has 2 aliphatic rings. The van der Waals surface area contributed by atoms with E-state index in [0.717, 1.165) is 42.8 Å². The average Bonchev–Trinajstić information content (AvgIpc) is 3.58. The van der Waals surface area contributed by atoms with E-state index in [0.29, 0.717) is 41.1 Å². The summed E-state index contributed by atoms with van der Waals surface area (Å²) in [4.78, 5) is 60.3. The van der Waals surface area contributed by atoms with E-state index in [1.807, 2.05) is 0 Å². The van der Waals surface area contributed by atoms with Gasteiger partial charge in [0.25, 0.3) is 11.5 Å². The Bertz CT molecular complexity index is 1310. The summed E-state index contributed by atoms with van der Waals surface area (Å²) in [6.07, 6.45) is 5.05. The molecule has 1 N–H and O–H groups in total. The summed E-state index contributed by atoms with van der Waals surface area (Å²) in [6.45, 7) is 3.32. The minimum atomic E-state index is -0.660. The van der Waals surface area contributed by atoms with Crippen molar-refractivity contribution in [3.63, 3.8) is 0 Å². The first-order valence-electron chi connectivity index (χ1n) is 10.6. The second kappa shape index (κ2) is 8.01. The van der Waals surface area contributed by atoms with Crippen LogP contribution in [-0.2, 0) is 17.7 Å². The lowest BCUT2D eigenvalue weighted by Gasteiger charge is -2.13. The number of fused-ring (bicyclic) bond motifs is 2. The van der Waals surface area contributed by atoms with Crippen LogP contribution in [0.4, 0.5) is 0 Å². The van der Waals surface area contributed by atoms with E-state index < -0.39 is 18.4 Å². The van der Waals surface area contributed by atoms with Gasteiger partial charge < -0.3 is 14.6 Å². The van der Waals surface area contributed by atoms with Crippen molar-refractivity contribution < 1.29 is 19.1 Å². The molecule has 0 unspecified atom stereocenters. The van der Waals surface area contributed by atoms with Gasteiger partial charge in [-0.05, 0) is 37.8 Å². The summed E-state index contributed by atoms with van der Waals surface area (Å²) < 4.78 is 6.90. The van der Waals surface area contributed by atoms with Gasteiger partial charge in [0, 0.05) is 37.8 Å². The molecule has 5 heterocycles. The Morgan fingerprint density at radius 2 is 1.97 bits per heavy atom. The number of carbonyl (C=O) groups excluding carboxylic acids is 3. The number of ether oxygens (including phenoxy) is 1. The van der Waals surface area contributed by atoms with Crippen molar-refractivity contribution in [3.05, 3.63) is 50.1 Å². The van der Waals surface area contributed by atoms with Gasteiger partial charge in [0.1, 0.15) is 21.2 Å². The SMILES string of the molecule is Cc1c(C(=O)OCC(=O)c2c[nH]c(C(=O)N3CCCC3)c2)sc2nc3n(c(=O)c12)CCC3. The number of amides is 1. The topological polar surface area (TPSA) is 114 Å². The maximum absolute atomic E-state index is 12.8. The number of esters is 1. The standard InChI is InChI=1S/C22H22N4O5S/c1-12-17-19(24-16-5-4-8-26(16)21(17)29)32-18(12)22(30)31-11-15(27)13-9-14(23-10-13)20(28)25-6-2-3-7-25/h9-10,23H,2-8,11H2,1H3. The van der Waals surface area contributed by atoms with Gasteiger partial charge in [-0.25, -0.2) is 9.78 Å². The van der Waals surface area contributed by atoms with Crippen LogP contribution in [0.25, 0.3) is 10.2 Å². The maximum Gasteiger partial charge on any atom is 0.349 e. The molecule has 0 radical (unpaired) electrons. The summed E-state index contributed by atoms with van der Waals surface area (Å²) >= 11 is 1.12. The fourth-order valence-corrected chi connectivity index (χ4v) is 5.40. The molecule has 1 fully saturated rings. The number of aromatic amines is 1. The highest BCUT2D eigenvalue weighted by atomic mass is 32.1. The lowest BCUT2D eigenvalue weighted by atomic mass is 10.2. The maximum atomic E-state index is 12.8. The van der Waals surface area contributed by atoms with Crippen LogP contribution < -0.4 is 5.56 Å². The van der Waals surface area contributed by atoms with Crippen molar-refractivity contribution in [3.8, 4) is 0 Å². The zero-order chi connectivity index (χ0) is 22.4. The van der Waals surface area contributed by atoms with Crippen molar-refractivity contribution in [1.29, 1.82) is 0 Å². The van der Waals surface area contributed by atoms with Crippen LogP contribution in [0.2, 0.25) is 0 Å². The molecule has 0 bridgehead atoms. The van der Waals surface area contributed by atoms with Gasteiger partial charge in [0.15, 0.2) is 6.61 Å². The van der Waals surface area contributed by atoms with E-state index in [1.165, 1.54) is 12.3 Å². The first kappa shape index (κ1) is 20.6. The minimum Gasteiger partial charge on any atom is -0.453 e. The van der Waals surface area contributed by atoms with Gasteiger partial charge in [0.05, 0.1) is 5.39 Å². The molecule has 1 saturated heterocycles. The zero-order valence-electron chi connectivity index (χ0n) is 17.6. The smallest absolute Gasteiger partial charge is 0.349 e. The van der Waals surface area contributed by atoms with Crippen LogP contribution in [-0.4, -0.2) is 56.8 Å². The average molecular weight is 455 g/mol. The zero-order valence-corrected chi connectivity index (χ0v) is 18.4. The molecule has 32 heavy (non-hydrogen) atoms. The Labute approximate surface area is 187 Å². The van der Waals surface area contributed by atoms with Crippen molar-refractivity contribution in [2.24, 2.45) is 0 Å². The lowest BCUT2D eigenvalue weighted by molar-refractivity contribution is 0.0479. The monoisotopic (exact) mass is 454 g/mol. The van der Waals surface area contributed by atoms with Gasteiger partial charge >= 0.3 is 5.97 Å².